The summed E-state index contributed by atoms with van der Waals surface area (Å²) in [6, 6.07) is 37.1. The van der Waals surface area contributed by atoms with E-state index in [2.05, 4.69) is 62.0 Å². The molecule has 0 spiro atoms. The van der Waals surface area contributed by atoms with Crippen LogP contribution in [0.4, 0.5) is 0 Å². The zero-order valence-corrected chi connectivity index (χ0v) is 43.6. The van der Waals surface area contributed by atoms with E-state index in [9.17, 15) is 15.0 Å². The maximum absolute atomic E-state index is 15.6. The Labute approximate surface area is 439 Å². The molecule has 1 saturated carbocycles. The molecule has 6 unspecified atom stereocenters. The van der Waals surface area contributed by atoms with Crippen LogP contribution in [0, 0.1) is 17.8 Å². The number of benzene rings is 5. The van der Waals surface area contributed by atoms with Gasteiger partial charge in [0.25, 0.3) is 0 Å². The third kappa shape index (κ3) is 13.2. The van der Waals surface area contributed by atoms with Gasteiger partial charge < -0.3 is 34.2 Å². The molecule has 2 aliphatic carbocycles. The fourth-order valence-electron chi connectivity index (χ4n) is 12.0. The molecule has 5 aromatic rings. The maximum atomic E-state index is 15.6. The predicted molar refractivity (Wildman–Crippen MR) is 294 cm³/mol. The Balaban J connectivity index is 1.29. The standard InChI is InChI=1S/C64H78N2O8/c1-3-5-6-7-8-9-10-11-15-34-61(70)66(44-51-30-23-29-49-27-16-17-32-54(49)51)60-43-58(65-72-46-47-24-13-12-14-25-47)56-41-50(28-18-20-37-67)55(33-19-21-38-68)62-57-42-53(73-52-31-22-26-48(40-52)45-69)35-36-59(57)74-64(60,63(56)62)71-39-4-2/h4,12-14,16-17,22-27,29-32,35-36,40-42,45,50,55,60,62-63,67-68H,2-3,5-11,15,18-21,28,33-34,37-39,43-44,46H2,1H3. The van der Waals surface area contributed by atoms with E-state index >= 15 is 4.79 Å². The van der Waals surface area contributed by atoms with Crippen molar-refractivity contribution in [1.82, 2.24) is 4.90 Å². The van der Waals surface area contributed by atoms with Gasteiger partial charge in [-0.05, 0) is 102 Å². The predicted octanol–water partition coefficient (Wildman–Crippen LogP) is 14.2. The van der Waals surface area contributed by atoms with Gasteiger partial charge in [-0.1, -0.05) is 173 Å². The van der Waals surface area contributed by atoms with Crippen LogP contribution >= 0.6 is 0 Å². The van der Waals surface area contributed by atoms with Crippen LogP contribution in [0.15, 0.2) is 145 Å². The summed E-state index contributed by atoms with van der Waals surface area (Å²) < 4.78 is 21.5. The van der Waals surface area contributed by atoms with Crippen molar-refractivity contribution in [3.05, 3.63) is 162 Å². The van der Waals surface area contributed by atoms with Gasteiger partial charge in [0.15, 0.2) is 0 Å². The quantitative estimate of drug-likeness (QED) is 0.0202. The molecule has 3 aliphatic rings. The van der Waals surface area contributed by atoms with Crippen LogP contribution in [0.25, 0.3) is 10.8 Å². The van der Waals surface area contributed by atoms with E-state index in [0.29, 0.717) is 55.0 Å². The fraction of sp³-hybridized carbons (Fsp3) is 0.453. The van der Waals surface area contributed by atoms with Gasteiger partial charge in [0.05, 0.1) is 18.2 Å². The summed E-state index contributed by atoms with van der Waals surface area (Å²) >= 11 is 0. The van der Waals surface area contributed by atoms with E-state index in [0.717, 1.165) is 90.0 Å². The van der Waals surface area contributed by atoms with Crippen molar-refractivity contribution in [2.75, 3.05) is 19.8 Å². The van der Waals surface area contributed by atoms with Gasteiger partial charge in [0.1, 0.15) is 36.2 Å². The second-order valence-electron chi connectivity index (χ2n) is 20.6. The number of rotatable bonds is 30. The van der Waals surface area contributed by atoms with Gasteiger partial charge in [-0.3, -0.25) is 9.59 Å². The molecule has 1 fully saturated rings. The number of hydrogen-bond acceptors (Lipinski definition) is 9. The number of nitrogens with zero attached hydrogens (tertiary/aromatic N) is 2. The largest absolute Gasteiger partial charge is 0.459 e. The summed E-state index contributed by atoms with van der Waals surface area (Å²) in [6.07, 6.45) is 20.5. The Bertz CT molecular complexity index is 2660. The second-order valence-corrected chi connectivity index (χ2v) is 20.6. The summed E-state index contributed by atoms with van der Waals surface area (Å²) in [5.74, 6) is -0.221. The topological polar surface area (TPSA) is 127 Å². The van der Waals surface area contributed by atoms with Crippen LogP contribution in [0.5, 0.6) is 17.2 Å². The average Bonchev–Trinajstić information content (AvgIpc) is 3.46. The van der Waals surface area contributed by atoms with Gasteiger partial charge in [-0.25, -0.2) is 0 Å². The fourth-order valence-corrected chi connectivity index (χ4v) is 12.0. The molecule has 392 valence electrons. The van der Waals surface area contributed by atoms with Crippen LogP contribution in [0.3, 0.4) is 0 Å². The number of aldehydes is 1. The van der Waals surface area contributed by atoms with Gasteiger partial charge in [-0.2, -0.15) is 0 Å². The number of carbonyl (C=O) groups is 2. The van der Waals surface area contributed by atoms with E-state index in [-0.39, 0.29) is 50.1 Å². The maximum Gasteiger partial charge on any atom is 0.239 e. The molecule has 1 amide bonds. The second kappa shape index (κ2) is 27.5. The average molecular weight is 1000 g/mol. The number of unbranched alkanes of at least 4 members (excludes halogenated alkanes) is 10. The summed E-state index contributed by atoms with van der Waals surface area (Å²) in [6.45, 7) is 7.34. The Morgan fingerprint density at radius 1 is 0.797 bits per heavy atom. The lowest BCUT2D eigenvalue weighted by molar-refractivity contribution is -0.258. The molecule has 10 heteroatoms. The van der Waals surface area contributed by atoms with Crippen LogP contribution in [0.1, 0.15) is 149 Å². The molecule has 6 atom stereocenters. The number of aliphatic hydroxyl groups is 2. The van der Waals surface area contributed by atoms with Crippen molar-refractivity contribution in [2.24, 2.45) is 22.9 Å². The zero-order valence-electron chi connectivity index (χ0n) is 43.6. The highest BCUT2D eigenvalue weighted by Crippen LogP contribution is 2.62. The number of hydrogen-bond donors (Lipinski definition) is 2. The lowest BCUT2D eigenvalue weighted by Crippen LogP contribution is -2.70. The molecule has 0 saturated heterocycles. The van der Waals surface area contributed by atoms with E-state index in [4.69, 9.17) is 24.2 Å². The van der Waals surface area contributed by atoms with Gasteiger partial charge >= 0.3 is 0 Å². The summed E-state index contributed by atoms with van der Waals surface area (Å²) in [5.41, 5.74) is 5.22. The Morgan fingerprint density at radius 2 is 1.51 bits per heavy atom. The van der Waals surface area contributed by atoms with E-state index < -0.39 is 17.7 Å². The van der Waals surface area contributed by atoms with E-state index in [1.165, 1.54) is 38.5 Å². The highest BCUT2D eigenvalue weighted by Gasteiger charge is 2.65. The SMILES string of the molecule is C=CCOC12Oc3ccc(Oc4cccc(C=O)c4)cc3C3C(CCCCO)C(CCCCO)C=C(C(=NOCc4ccccc4)CC1N(Cc1cccc4ccccc14)C(=O)CCCCCCCCCCC)C32. The number of fused-ring (bicyclic) bond motifs is 3. The Hall–Kier alpha value is -6.07. The third-order valence-corrected chi connectivity index (χ3v) is 15.5. The number of amides is 1. The number of allylic oxidation sites excluding steroid dienone is 1. The van der Waals surface area contributed by atoms with Crippen molar-refractivity contribution < 1.29 is 38.9 Å². The minimum atomic E-state index is -1.42. The first-order chi connectivity index (χ1) is 36.4. The van der Waals surface area contributed by atoms with Crippen LogP contribution in [0.2, 0.25) is 0 Å². The van der Waals surface area contributed by atoms with Crippen LogP contribution < -0.4 is 9.47 Å². The van der Waals surface area contributed by atoms with Crippen molar-refractivity contribution in [2.45, 2.75) is 147 Å². The normalized spacial score (nSPS) is 21.3. The highest BCUT2D eigenvalue weighted by molar-refractivity contribution is 6.03. The molecule has 0 aromatic heterocycles. The summed E-state index contributed by atoms with van der Waals surface area (Å²) in [5, 5.41) is 27.5. The van der Waals surface area contributed by atoms with Gasteiger partial charge in [0, 0.05) is 49.6 Å². The van der Waals surface area contributed by atoms with Crippen LogP contribution in [-0.2, 0) is 27.5 Å². The van der Waals surface area contributed by atoms with E-state index in [1.807, 2.05) is 65.6 Å². The molecule has 1 aliphatic heterocycles. The van der Waals surface area contributed by atoms with Crippen molar-refractivity contribution in [3.8, 4) is 17.2 Å². The number of aliphatic hydroxyl groups excluding tert-OH is 2. The minimum absolute atomic E-state index is 0.0337. The molecular formula is C64H78N2O8. The molecule has 1 heterocycles. The molecule has 0 radical (unpaired) electrons. The molecule has 0 bridgehead atoms. The first-order valence-electron chi connectivity index (χ1n) is 27.6. The van der Waals surface area contributed by atoms with E-state index in [1.54, 1.807) is 18.2 Å². The molecule has 8 rings (SSSR count). The first-order valence-corrected chi connectivity index (χ1v) is 27.6. The number of carbonyl (C=O) groups excluding carboxylic acids is 2. The molecular weight excluding hydrogens is 925 g/mol. The van der Waals surface area contributed by atoms with Gasteiger partial charge in [0.2, 0.25) is 11.7 Å². The lowest BCUT2D eigenvalue weighted by Gasteiger charge is -2.60. The molecule has 2 N–H and O–H groups in total. The first kappa shape index (κ1) is 54.2. The highest BCUT2D eigenvalue weighted by atomic mass is 16.7. The molecule has 10 nitrogen and oxygen atoms in total. The number of ether oxygens (including phenoxy) is 3. The molecule has 5 aromatic carbocycles. The summed E-state index contributed by atoms with van der Waals surface area (Å²) in [7, 11) is 0. The zero-order chi connectivity index (χ0) is 51.5. The summed E-state index contributed by atoms with van der Waals surface area (Å²) in [4.78, 5) is 35.9. The third-order valence-electron chi connectivity index (χ3n) is 15.5. The Kier molecular flexibility index (Phi) is 20.1. The van der Waals surface area contributed by atoms with Crippen molar-refractivity contribution >= 4 is 28.7 Å². The van der Waals surface area contributed by atoms with Crippen LogP contribution in [-0.4, -0.2) is 64.7 Å². The van der Waals surface area contributed by atoms with Crippen molar-refractivity contribution in [3.63, 3.8) is 0 Å². The molecule has 74 heavy (non-hydrogen) atoms. The minimum Gasteiger partial charge on any atom is -0.459 e. The smallest absolute Gasteiger partial charge is 0.239 e. The monoisotopic (exact) mass is 1000 g/mol. The van der Waals surface area contributed by atoms with Gasteiger partial charge in [-0.15, -0.1) is 6.58 Å². The van der Waals surface area contributed by atoms with Crippen molar-refractivity contribution in [1.29, 1.82) is 0 Å². The Morgan fingerprint density at radius 3 is 2.28 bits per heavy atom. The number of oxime groups is 1. The lowest BCUT2D eigenvalue weighted by atomic mass is 9.55.